The molecule has 0 radical (unpaired) electrons. The Bertz CT molecular complexity index is 596. The van der Waals surface area contributed by atoms with E-state index in [9.17, 15) is 19.8 Å². The van der Waals surface area contributed by atoms with E-state index in [1.165, 1.54) is 6.42 Å². The minimum absolute atomic E-state index is 0.144. The third-order valence-electron chi connectivity index (χ3n) is 5.49. The lowest BCUT2D eigenvalue weighted by Gasteiger charge is -2.12. The molecule has 202 valence electrons. The minimum atomic E-state index is -0.989. The van der Waals surface area contributed by atoms with Crippen molar-refractivity contribution >= 4 is 11.9 Å². The molecular formula is C29H50O6. The van der Waals surface area contributed by atoms with Gasteiger partial charge in [0.15, 0.2) is 0 Å². The first-order chi connectivity index (χ1) is 17.0. The maximum atomic E-state index is 11.8. The molecule has 6 heteroatoms. The molecule has 0 amide bonds. The van der Waals surface area contributed by atoms with Gasteiger partial charge >= 0.3 is 11.9 Å². The molecule has 0 aliphatic carbocycles. The Labute approximate surface area is 213 Å². The molecule has 35 heavy (non-hydrogen) atoms. The number of rotatable bonds is 23. The highest BCUT2D eigenvalue weighted by Gasteiger charge is 2.12. The Morgan fingerprint density at radius 3 is 1.89 bits per heavy atom. The third kappa shape index (κ3) is 25.0. The van der Waals surface area contributed by atoms with E-state index in [1.54, 1.807) is 0 Å². The lowest BCUT2D eigenvalue weighted by molar-refractivity contribution is -0.152. The Morgan fingerprint density at radius 1 is 0.714 bits per heavy atom. The van der Waals surface area contributed by atoms with Gasteiger partial charge in [-0.25, -0.2) is 0 Å². The second-order valence-corrected chi connectivity index (χ2v) is 8.99. The van der Waals surface area contributed by atoms with E-state index < -0.39 is 12.2 Å². The third-order valence-corrected chi connectivity index (χ3v) is 5.49. The molecule has 0 aromatic heterocycles. The molecule has 2 N–H and O–H groups in total. The van der Waals surface area contributed by atoms with Crippen LogP contribution < -0.4 is 0 Å². The van der Waals surface area contributed by atoms with Crippen LogP contribution in [0.5, 0.6) is 0 Å². The average Bonchev–Trinajstić information content (AvgIpc) is 2.84. The fraction of sp³-hybridized carbons (Fsp3) is 0.724. The summed E-state index contributed by atoms with van der Waals surface area (Å²) in [7, 11) is 0. The fourth-order valence-electron chi connectivity index (χ4n) is 3.38. The van der Waals surface area contributed by atoms with Crippen molar-refractivity contribution in [1.29, 1.82) is 0 Å². The van der Waals surface area contributed by atoms with Crippen molar-refractivity contribution in [3.63, 3.8) is 0 Å². The summed E-state index contributed by atoms with van der Waals surface area (Å²) in [6, 6.07) is 0. The molecule has 0 saturated heterocycles. The molecule has 1 unspecified atom stereocenters. The molecule has 0 aromatic carbocycles. The summed E-state index contributed by atoms with van der Waals surface area (Å²) < 4.78 is 10.1. The van der Waals surface area contributed by atoms with Gasteiger partial charge in [-0.15, -0.1) is 0 Å². The average molecular weight is 495 g/mol. The standard InChI is InChI=1S/C29H50O6/c1-3-5-7-9-10-13-16-20-26(30)21-17-14-11-15-19-23-29(33)35-25-27(31)24-34-28(32)22-18-12-8-6-4-2/h5,7,10,13,16,20,26-27,30-31H,3-4,6,8-9,11-12,14-15,17-19,21-25H2,1-2H3/b7-5+,13-10+,20-16+/t26?,27-/m1/s1. The van der Waals surface area contributed by atoms with Crippen LogP contribution in [0.2, 0.25) is 0 Å². The number of aliphatic hydroxyl groups excluding tert-OH is 2. The van der Waals surface area contributed by atoms with Crippen LogP contribution in [0.4, 0.5) is 0 Å². The molecule has 0 heterocycles. The highest BCUT2D eigenvalue weighted by molar-refractivity contribution is 5.69. The van der Waals surface area contributed by atoms with Crippen LogP contribution in [0.25, 0.3) is 0 Å². The maximum absolute atomic E-state index is 11.8. The normalized spacial score (nSPS) is 13.6. The molecule has 0 aliphatic rings. The zero-order chi connectivity index (χ0) is 26.0. The van der Waals surface area contributed by atoms with Crippen LogP contribution in [0.15, 0.2) is 36.5 Å². The van der Waals surface area contributed by atoms with Gasteiger partial charge in [-0.05, 0) is 32.1 Å². The van der Waals surface area contributed by atoms with Crippen LogP contribution in [0.1, 0.15) is 110 Å². The van der Waals surface area contributed by atoms with E-state index in [1.807, 2.05) is 18.2 Å². The first kappa shape index (κ1) is 33.1. The Morgan fingerprint density at radius 2 is 1.29 bits per heavy atom. The number of hydrogen-bond acceptors (Lipinski definition) is 6. The first-order valence-corrected chi connectivity index (χ1v) is 13.6. The summed E-state index contributed by atoms with van der Waals surface area (Å²) >= 11 is 0. The van der Waals surface area contributed by atoms with Gasteiger partial charge in [0.1, 0.15) is 19.3 Å². The topological polar surface area (TPSA) is 93.1 Å². The van der Waals surface area contributed by atoms with Crippen molar-refractivity contribution in [3.8, 4) is 0 Å². The summed E-state index contributed by atoms with van der Waals surface area (Å²) in [4.78, 5) is 23.4. The lowest BCUT2D eigenvalue weighted by Crippen LogP contribution is -2.25. The minimum Gasteiger partial charge on any atom is -0.463 e. The second-order valence-electron chi connectivity index (χ2n) is 8.99. The molecular weight excluding hydrogens is 444 g/mol. The zero-order valence-corrected chi connectivity index (χ0v) is 22.2. The van der Waals surface area contributed by atoms with Crippen molar-refractivity contribution < 1.29 is 29.3 Å². The van der Waals surface area contributed by atoms with Crippen LogP contribution in [-0.2, 0) is 19.1 Å². The van der Waals surface area contributed by atoms with E-state index in [-0.39, 0.29) is 25.2 Å². The number of unbranched alkanes of at least 4 members (excludes halogenated alkanes) is 8. The number of hydrogen-bond donors (Lipinski definition) is 2. The molecule has 6 nitrogen and oxygen atoms in total. The monoisotopic (exact) mass is 494 g/mol. The van der Waals surface area contributed by atoms with Crippen molar-refractivity contribution in [2.24, 2.45) is 0 Å². The second kappa shape index (κ2) is 25.2. The number of ether oxygens (including phenoxy) is 2. The lowest BCUT2D eigenvalue weighted by atomic mass is 10.1. The van der Waals surface area contributed by atoms with Gasteiger partial charge in [0.2, 0.25) is 0 Å². The van der Waals surface area contributed by atoms with Crippen LogP contribution >= 0.6 is 0 Å². The van der Waals surface area contributed by atoms with Crippen LogP contribution in [0, 0.1) is 0 Å². The van der Waals surface area contributed by atoms with Crippen LogP contribution in [0.3, 0.4) is 0 Å². The molecule has 0 aliphatic heterocycles. The highest BCUT2D eigenvalue weighted by Crippen LogP contribution is 2.10. The molecule has 2 atom stereocenters. The fourth-order valence-corrected chi connectivity index (χ4v) is 3.38. The van der Waals surface area contributed by atoms with Crippen molar-refractivity contribution in [1.82, 2.24) is 0 Å². The van der Waals surface area contributed by atoms with Crippen molar-refractivity contribution in [2.75, 3.05) is 13.2 Å². The molecule has 0 spiro atoms. The van der Waals surface area contributed by atoms with Gasteiger partial charge in [0.25, 0.3) is 0 Å². The summed E-state index contributed by atoms with van der Waals surface area (Å²) in [6.07, 6.45) is 23.9. The summed E-state index contributed by atoms with van der Waals surface area (Å²) in [5.41, 5.74) is 0. The summed E-state index contributed by atoms with van der Waals surface area (Å²) in [6.45, 7) is 3.96. The molecule has 0 aromatic rings. The SMILES string of the molecule is CC/C=C/C/C=C/C=C/C(O)CCCCCCCC(=O)OC[C@H](O)COC(=O)CCCCCCC. The summed E-state index contributed by atoms with van der Waals surface area (Å²) in [5.74, 6) is -0.659. The van der Waals surface area contributed by atoms with Gasteiger partial charge in [-0.2, -0.15) is 0 Å². The van der Waals surface area contributed by atoms with E-state index >= 15 is 0 Å². The predicted molar refractivity (Wildman–Crippen MR) is 142 cm³/mol. The zero-order valence-electron chi connectivity index (χ0n) is 22.2. The largest absolute Gasteiger partial charge is 0.463 e. The van der Waals surface area contributed by atoms with E-state index in [0.29, 0.717) is 12.8 Å². The Kier molecular flexibility index (Phi) is 23.8. The van der Waals surface area contributed by atoms with Crippen molar-refractivity contribution in [2.45, 2.75) is 122 Å². The number of carbonyl (C=O) groups excluding carboxylic acids is 2. The molecule has 0 rings (SSSR count). The van der Waals surface area contributed by atoms with Crippen LogP contribution in [-0.4, -0.2) is 47.6 Å². The number of carbonyl (C=O) groups is 2. The first-order valence-electron chi connectivity index (χ1n) is 13.6. The van der Waals surface area contributed by atoms with E-state index in [0.717, 1.165) is 77.0 Å². The molecule has 0 saturated carbocycles. The predicted octanol–water partition coefficient (Wildman–Crippen LogP) is 6.35. The van der Waals surface area contributed by atoms with Gasteiger partial charge in [0, 0.05) is 12.8 Å². The smallest absolute Gasteiger partial charge is 0.305 e. The summed E-state index contributed by atoms with van der Waals surface area (Å²) in [5, 5.41) is 19.8. The maximum Gasteiger partial charge on any atom is 0.305 e. The van der Waals surface area contributed by atoms with Gasteiger partial charge in [-0.3, -0.25) is 9.59 Å². The number of esters is 2. The van der Waals surface area contributed by atoms with Crippen molar-refractivity contribution in [3.05, 3.63) is 36.5 Å². The number of aliphatic hydroxyl groups is 2. The molecule has 0 fully saturated rings. The molecule has 0 bridgehead atoms. The Balaban J connectivity index is 3.60. The highest BCUT2D eigenvalue weighted by atomic mass is 16.6. The quantitative estimate of drug-likeness (QED) is 0.0743. The van der Waals surface area contributed by atoms with E-state index in [4.69, 9.17) is 9.47 Å². The van der Waals surface area contributed by atoms with Gasteiger partial charge in [-0.1, -0.05) is 102 Å². The van der Waals surface area contributed by atoms with E-state index in [2.05, 4.69) is 32.1 Å². The van der Waals surface area contributed by atoms with Gasteiger partial charge in [0.05, 0.1) is 6.10 Å². The Hall–Kier alpha value is -1.92. The number of allylic oxidation sites excluding steroid dienone is 5. The van der Waals surface area contributed by atoms with Gasteiger partial charge < -0.3 is 19.7 Å².